The van der Waals surface area contributed by atoms with Gasteiger partial charge in [-0.25, -0.2) is 0 Å². The molecule has 0 aliphatic carbocycles. The van der Waals surface area contributed by atoms with Gasteiger partial charge < -0.3 is 14.5 Å². The van der Waals surface area contributed by atoms with Crippen molar-refractivity contribution in [1.29, 1.82) is 0 Å². The Kier molecular flexibility index (Phi) is 10.6. The summed E-state index contributed by atoms with van der Waals surface area (Å²) in [5.41, 5.74) is 1.79. The topological polar surface area (TPSA) is 49.9 Å². The molecule has 0 radical (unpaired) electrons. The minimum atomic E-state index is -0.252. The minimum absolute atomic E-state index is 0.0165. The average molecular weight is 363 g/mol. The molecule has 0 aromatic heterocycles. The Balaban J connectivity index is 2.64. The molecule has 0 aliphatic heterocycles. The summed E-state index contributed by atoms with van der Waals surface area (Å²) in [5, 5.41) is 0. The molecule has 0 N–H and O–H groups in total. The van der Waals surface area contributed by atoms with Gasteiger partial charge >= 0.3 is 5.97 Å². The number of esters is 1. The van der Waals surface area contributed by atoms with Crippen molar-refractivity contribution < 1.29 is 14.3 Å². The van der Waals surface area contributed by atoms with E-state index in [1.54, 1.807) is 11.8 Å². The number of ether oxygens (including phenoxy) is 1. The molecule has 26 heavy (non-hydrogen) atoms. The average Bonchev–Trinajstić information content (AvgIpc) is 2.64. The predicted molar refractivity (Wildman–Crippen MR) is 105 cm³/mol. The Morgan fingerprint density at radius 3 is 2.12 bits per heavy atom. The maximum atomic E-state index is 12.8. The molecule has 5 nitrogen and oxygen atoms in total. The molecular weight excluding hydrogens is 328 g/mol. The van der Waals surface area contributed by atoms with Gasteiger partial charge in [0.05, 0.1) is 13.0 Å². The summed E-state index contributed by atoms with van der Waals surface area (Å²) in [6, 6.07) is 7.59. The fourth-order valence-corrected chi connectivity index (χ4v) is 2.83. The van der Waals surface area contributed by atoms with Crippen molar-refractivity contribution in [2.75, 3.05) is 39.3 Å². The number of unbranched alkanes of at least 4 members (excludes halogenated alkanes) is 1. The second kappa shape index (κ2) is 12.5. The van der Waals surface area contributed by atoms with E-state index in [4.69, 9.17) is 4.74 Å². The summed E-state index contributed by atoms with van der Waals surface area (Å²) < 4.78 is 5.00. The van der Waals surface area contributed by atoms with Crippen molar-refractivity contribution >= 4 is 11.9 Å². The third-order valence-corrected chi connectivity index (χ3v) is 4.52. The third-order valence-electron chi connectivity index (χ3n) is 4.52. The van der Waals surface area contributed by atoms with Crippen LogP contribution in [0.15, 0.2) is 24.3 Å². The third kappa shape index (κ3) is 8.00. The van der Waals surface area contributed by atoms with Gasteiger partial charge in [-0.2, -0.15) is 0 Å². The van der Waals surface area contributed by atoms with E-state index in [1.165, 1.54) is 0 Å². The first-order valence-electron chi connectivity index (χ1n) is 9.75. The van der Waals surface area contributed by atoms with Gasteiger partial charge in [-0.3, -0.25) is 9.59 Å². The van der Waals surface area contributed by atoms with E-state index in [9.17, 15) is 9.59 Å². The van der Waals surface area contributed by atoms with Crippen molar-refractivity contribution in [1.82, 2.24) is 9.80 Å². The first kappa shape index (κ1) is 22.2. The lowest BCUT2D eigenvalue weighted by Crippen LogP contribution is -2.34. The molecule has 5 heteroatoms. The first-order valence-corrected chi connectivity index (χ1v) is 9.75. The molecule has 1 rings (SSSR count). The summed E-state index contributed by atoms with van der Waals surface area (Å²) in [6.45, 7) is 12.7. The monoisotopic (exact) mass is 362 g/mol. The lowest BCUT2D eigenvalue weighted by molar-refractivity contribution is -0.143. The van der Waals surface area contributed by atoms with Gasteiger partial charge in [0.25, 0.3) is 5.91 Å². The van der Waals surface area contributed by atoms with Crippen LogP contribution in [-0.4, -0.2) is 61.0 Å². The summed E-state index contributed by atoms with van der Waals surface area (Å²) in [7, 11) is 0. The highest BCUT2D eigenvalue weighted by Gasteiger charge is 2.17. The van der Waals surface area contributed by atoms with E-state index in [0.717, 1.165) is 38.0 Å². The smallest absolute Gasteiger partial charge is 0.307 e. The highest BCUT2D eigenvalue weighted by atomic mass is 16.5. The molecule has 0 heterocycles. The molecule has 0 bridgehead atoms. The van der Waals surface area contributed by atoms with Crippen molar-refractivity contribution in [3.8, 4) is 0 Å². The van der Waals surface area contributed by atoms with Gasteiger partial charge in [-0.05, 0) is 58.5 Å². The molecule has 0 saturated heterocycles. The van der Waals surface area contributed by atoms with Crippen LogP contribution in [0.2, 0.25) is 0 Å². The van der Waals surface area contributed by atoms with E-state index >= 15 is 0 Å². The predicted octanol–water partition coefficient (Wildman–Crippen LogP) is 3.51. The molecule has 0 spiro atoms. The van der Waals surface area contributed by atoms with Crippen molar-refractivity contribution in [2.24, 2.45) is 0 Å². The SMILES string of the molecule is CCOC(=O)CCN(CCCCN(CC)CC)C(=O)c1ccc(C)cc1. The van der Waals surface area contributed by atoms with E-state index in [-0.39, 0.29) is 18.3 Å². The zero-order valence-electron chi connectivity index (χ0n) is 16.8. The number of hydrogen-bond acceptors (Lipinski definition) is 4. The summed E-state index contributed by atoms with van der Waals surface area (Å²) in [4.78, 5) is 28.7. The van der Waals surface area contributed by atoms with E-state index < -0.39 is 0 Å². The van der Waals surface area contributed by atoms with Crippen LogP contribution in [-0.2, 0) is 9.53 Å². The fourth-order valence-electron chi connectivity index (χ4n) is 2.83. The molecule has 0 unspecified atom stereocenters. The van der Waals surface area contributed by atoms with E-state index in [1.807, 2.05) is 31.2 Å². The molecule has 1 aromatic carbocycles. The van der Waals surface area contributed by atoms with Crippen LogP contribution >= 0.6 is 0 Å². The number of hydrogen-bond donors (Lipinski definition) is 0. The molecule has 0 fully saturated rings. The number of aryl methyl sites for hydroxylation is 1. The second-order valence-electron chi connectivity index (χ2n) is 6.45. The number of rotatable bonds is 12. The van der Waals surface area contributed by atoms with E-state index in [0.29, 0.717) is 25.3 Å². The Hall–Kier alpha value is -1.88. The number of nitrogens with zero attached hydrogens (tertiary/aromatic N) is 2. The van der Waals surface area contributed by atoms with Crippen LogP contribution in [0.4, 0.5) is 0 Å². The second-order valence-corrected chi connectivity index (χ2v) is 6.45. The van der Waals surface area contributed by atoms with Crippen LogP contribution < -0.4 is 0 Å². The normalized spacial score (nSPS) is 10.8. The van der Waals surface area contributed by atoms with Crippen LogP contribution in [0.3, 0.4) is 0 Å². The Bertz CT molecular complexity index is 539. The number of carbonyl (C=O) groups is 2. The summed E-state index contributed by atoms with van der Waals surface area (Å²) in [5.74, 6) is -0.269. The van der Waals surface area contributed by atoms with Crippen LogP contribution in [0.25, 0.3) is 0 Å². The Labute approximate surface area is 158 Å². The van der Waals surface area contributed by atoms with E-state index in [2.05, 4.69) is 18.7 Å². The molecule has 146 valence electrons. The molecule has 1 aromatic rings. The largest absolute Gasteiger partial charge is 0.466 e. The van der Waals surface area contributed by atoms with Gasteiger partial charge in [-0.1, -0.05) is 31.5 Å². The molecule has 0 atom stereocenters. The first-order chi connectivity index (χ1) is 12.5. The number of carbonyl (C=O) groups excluding carboxylic acids is 2. The van der Waals surface area contributed by atoms with Gasteiger partial charge in [0, 0.05) is 18.7 Å². The van der Waals surface area contributed by atoms with Gasteiger partial charge in [-0.15, -0.1) is 0 Å². The van der Waals surface area contributed by atoms with Crippen molar-refractivity contribution in [3.05, 3.63) is 35.4 Å². The maximum Gasteiger partial charge on any atom is 0.307 e. The van der Waals surface area contributed by atoms with Crippen LogP contribution in [0.5, 0.6) is 0 Å². The lowest BCUT2D eigenvalue weighted by atomic mass is 10.1. The highest BCUT2D eigenvalue weighted by Crippen LogP contribution is 2.10. The summed E-state index contributed by atoms with van der Waals surface area (Å²) >= 11 is 0. The fraction of sp³-hybridized carbons (Fsp3) is 0.619. The zero-order valence-corrected chi connectivity index (χ0v) is 16.8. The molecule has 1 amide bonds. The lowest BCUT2D eigenvalue weighted by Gasteiger charge is -2.24. The molecule has 0 saturated carbocycles. The molecule has 0 aliphatic rings. The van der Waals surface area contributed by atoms with Crippen molar-refractivity contribution in [2.45, 2.75) is 47.0 Å². The zero-order chi connectivity index (χ0) is 19.4. The Morgan fingerprint density at radius 1 is 0.923 bits per heavy atom. The van der Waals surface area contributed by atoms with Crippen molar-refractivity contribution in [3.63, 3.8) is 0 Å². The standard InChI is InChI=1S/C21H34N2O3/c1-5-22(6-2)15-8-9-16-23(17-14-20(24)26-7-3)21(25)19-12-10-18(4)11-13-19/h10-13H,5-9,14-17H2,1-4H3. The minimum Gasteiger partial charge on any atom is -0.466 e. The number of benzene rings is 1. The number of amides is 1. The van der Waals surface area contributed by atoms with Crippen LogP contribution in [0.1, 0.15) is 56.0 Å². The van der Waals surface area contributed by atoms with Crippen LogP contribution in [0, 0.1) is 6.92 Å². The van der Waals surface area contributed by atoms with Gasteiger partial charge in [0.2, 0.25) is 0 Å². The van der Waals surface area contributed by atoms with Gasteiger partial charge in [0.1, 0.15) is 0 Å². The van der Waals surface area contributed by atoms with Gasteiger partial charge in [0.15, 0.2) is 0 Å². The maximum absolute atomic E-state index is 12.8. The Morgan fingerprint density at radius 2 is 1.54 bits per heavy atom. The molecular formula is C21H34N2O3. The highest BCUT2D eigenvalue weighted by molar-refractivity contribution is 5.94. The quantitative estimate of drug-likeness (QED) is 0.422. The summed E-state index contributed by atoms with van der Waals surface area (Å²) in [6.07, 6.45) is 2.21.